The molecular weight excluding hydrogens is 380 g/mol. The Balaban J connectivity index is 1.80. The first-order chi connectivity index (χ1) is 10.8. The van der Waals surface area contributed by atoms with Crippen LogP contribution < -0.4 is 0 Å². The number of ether oxygens (including phenoxy) is 2. The number of fused-ring (bicyclic) bond motifs is 2. The molecule has 4 aliphatic heterocycles. The first-order valence-electron chi connectivity index (χ1n) is 8.84. The van der Waals surface area contributed by atoms with Crippen LogP contribution in [0.2, 0.25) is 0 Å². The number of alkyl halides is 1. The van der Waals surface area contributed by atoms with Crippen molar-refractivity contribution in [3.8, 4) is 0 Å². The van der Waals surface area contributed by atoms with Crippen LogP contribution in [0.5, 0.6) is 0 Å². The van der Waals surface area contributed by atoms with Crippen LogP contribution in [-0.4, -0.2) is 33.2 Å². The highest BCUT2D eigenvalue weighted by atomic mass is 79.9. The Labute approximate surface area is 151 Å². The lowest BCUT2D eigenvalue weighted by Gasteiger charge is -2.62. The van der Waals surface area contributed by atoms with Crippen LogP contribution in [0.4, 0.5) is 0 Å². The van der Waals surface area contributed by atoms with Gasteiger partial charge in [0.1, 0.15) is 5.44 Å². The van der Waals surface area contributed by atoms with Crippen molar-refractivity contribution >= 4 is 27.7 Å². The van der Waals surface area contributed by atoms with Crippen LogP contribution in [0.15, 0.2) is 0 Å². The molecule has 1 unspecified atom stereocenters. The third-order valence-electron chi connectivity index (χ3n) is 6.43. The molecule has 0 radical (unpaired) electrons. The van der Waals surface area contributed by atoms with Crippen LogP contribution in [0.25, 0.3) is 0 Å². The van der Waals surface area contributed by atoms with Crippen molar-refractivity contribution in [2.24, 2.45) is 17.8 Å². The average Bonchev–Trinajstić information content (AvgIpc) is 2.71. The topological polar surface area (TPSA) is 36.9 Å². The highest BCUT2D eigenvalue weighted by molar-refractivity contribution is 9.10. The average molecular weight is 407 g/mol. The maximum absolute atomic E-state index is 6.49. The van der Waals surface area contributed by atoms with Crippen LogP contribution in [0.1, 0.15) is 53.4 Å². The summed E-state index contributed by atoms with van der Waals surface area (Å²) in [6.45, 7) is 8.75. The lowest BCUT2D eigenvalue weighted by atomic mass is 9.58. The summed E-state index contributed by atoms with van der Waals surface area (Å²) in [6, 6.07) is 0. The minimum atomic E-state index is -0.682. The SMILES string of the molecule is CCS[C@H]1O[C@@H]2O[C@@]3(C)CC[C@H]4[C@H](C)CC[C@@H](C1(C)Br)[C@@]24OO3. The molecule has 132 valence electrons. The fourth-order valence-electron chi connectivity index (χ4n) is 5.21. The van der Waals surface area contributed by atoms with Crippen LogP contribution in [0.3, 0.4) is 0 Å². The van der Waals surface area contributed by atoms with Crippen LogP contribution >= 0.6 is 27.7 Å². The fourth-order valence-corrected chi connectivity index (χ4v) is 7.27. The summed E-state index contributed by atoms with van der Waals surface area (Å²) in [4.78, 5) is 12.0. The Morgan fingerprint density at radius 1 is 1.17 bits per heavy atom. The van der Waals surface area contributed by atoms with Gasteiger partial charge < -0.3 is 9.47 Å². The smallest absolute Gasteiger partial charge is 0.201 e. The molecule has 5 fully saturated rings. The van der Waals surface area contributed by atoms with E-state index >= 15 is 0 Å². The zero-order valence-electron chi connectivity index (χ0n) is 14.3. The molecular formula is C17H27BrO4S. The predicted molar refractivity (Wildman–Crippen MR) is 93.1 cm³/mol. The van der Waals surface area contributed by atoms with E-state index in [9.17, 15) is 0 Å². The Hall–Kier alpha value is 0.670. The van der Waals surface area contributed by atoms with E-state index in [2.05, 4.69) is 36.7 Å². The lowest BCUT2D eigenvalue weighted by molar-refractivity contribution is -0.566. The summed E-state index contributed by atoms with van der Waals surface area (Å²) in [5.41, 5.74) is -0.426. The van der Waals surface area contributed by atoms with E-state index in [0.29, 0.717) is 17.8 Å². The van der Waals surface area contributed by atoms with E-state index < -0.39 is 11.4 Å². The van der Waals surface area contributed by atoms with E-state index in [-0.39, 0.29) is 16.1 Å². The molecule has 4 heterocycles. The first-order valence-corrected chi connectivity index (χ1v) is 10.7. The van der Waals surface area contributed by atoms with Gasteiger partial charge in [-0.3, -0.25) is 0 Å². The normalized spacial score (nSPS) is 58.6. The summed E-state index contributed by atoms with van der Waals surface area (Å²) < 4.78 is 12.7. The molecule has 0 aromatic rings. The lowest BCUT2D eigenvalue weighted by Crippen LogP contribution is -2.73. The number of halogens is 1. The van der Waals surface area contributed by atoms with E-state index in [1.807, 2.05) is 18.7 Å². The molecule has 0 amide bonds. The zero-order valence-corrected chi connectivity index (χ0v) is 16.7. The standard InChI is InChI=1S/C17H27BrO4S/c1-5-23-14-16(4,18)12-7-6-10(2)11-8-9-15(3)20-13(19-14)17(11,12)22-21-15/h10-14H,5-9H2,1-4H3/t10-,11+,12+,13-,14-,15-,16?,17-/m1/s1. The van der Waals surface area contributed by atoms with Gasteiger partial charge in [0.25, 0.3) is 0 Å². The third kappa shape index (κ3) is 2.32. The van der Waals surface area contributed by atoms with Gasteiger partial charge >= 0.3 is 0 Å². The van der Waals surface area contributed by atoms with Crippen molar-refractivity contribution in [3.05, 3.63) is 0 Å². The second-order valence-electron chi connectivity index (χ2n) is 7.93. The number of rotatable bonds is 2. The van der Waals surface area contributed by atoms with Gasteiger partial charge in [-0.15, -0.1) is 11.8 Å². The fraction of sp³-hybridized carbons (Fsp3) is 1.00. The molecule has 2 bridgehead atoms. The molecule has 8 atom stereocenters. The Bertz CT molecular complexity index is 489. The van der Waals surface area contributed by atoms with E-state index in [0.717, 1.165) is 25.0 Å². The Morgan fingerprint density at radius 3 is 2.70 bits per heavy atom. The summed E-state index contributed by atoms with van der Waals surface area (Å²) in [7, 11) is 0. The van der Waals surface area contributed by atoms with Gasteiger partial charge in [0, 0.05) is 12.3 Å². The second kappa shape index (κ2) is 5.58. The largest absolute Gasteiger partial charge is 0.334 e. The third-order valence-corrected chi connectivity index (χ3v) is 8.93. The van der Waals surface area contributed by atoms with E-state index in [4.69, 9.17) is 19.2 Å². The molecule has 5 rings (SSSR count). The molecule has 4 saturated heterocycles. The predicted octanol–water partition coefficient (Wildman–Crippen LogP) is 4.47. The summed E-state index contributed by atoms with van der Waals surface area (Å²) in [5, 5.41) is 0. The van der Waals surface area contributed by atoms with Crippen molar-refractivity contribution in [1.82, 2.24) is 0 Å². The van der Waals surface area contributed by atoms with Gasteiger partial charge in [-0.25, -0.2) is 9.78 Å². The highest BCUT2D eigenvalue weighted by Gasteiger charge is 2.72. The van der Waals surface area contributed by atoms with Crippen LogP contribution in [-0.2, 0) is 19.2 Å². The van der Waals surface area contributed by atoms with Crippen LogP contribution in [0, 0.1) is 17.8 Å². The van der Waals surface area contributed by atoms with Gasteiger partial charge in [0.15, 0.2) is 11.9 Å². The maximum atomic E-state index is 6.49. The molecule has 0 aromatic carbocycles. The number of hydrogen-bond donors (Lipinski definition) is 0. The second-order valence-corrected chi connectivity index (χ2v) is 11.0. The van der Waals surface area contributed by atoms with Crippen molar-refractivity contribution < 1.29 is 19.2 Å². The van der Waals surface area contributed by atoms with Gasteiger partial charge in [-0.2, -0.15) is 0 Å². The Kier molecular flexibility index (Phi) is 4.15. The molecule has 4 nitrogen and oxygen atoms in total. The molecule has 0 N–H and O–H groups in total. The Morgan fingerprint density at radius 2 is 1.96 bits per heavy atom. The minimum Gasteiger partial charge on any atom is -0.334 e. The molecule has 1 spiro atoms. The van der Waals surface area contributed by atoms with Gasteiger partial charge in [-0.05, 0) is 50.7 Å². The molecule has 5 aliphatic rings. The van der Waals surface area contributed by atoms with Crippen molar-refractivity contribution in [3.63, 3.8) is 0 Å². The number of thioether (sulfide) groups is 1. The minimum absolute atomic E-state index is 0.0636. The van der Waals surface area contributed by atoms with Gasteiger partial charge in [0.05, 0.1) is 4.32 Å². The van der Waals surface area contributed by atoms with Gasteiger partial charge in [0.2, 0.25) is 5.79 Å². The zero-order chi connectivity index (χ0) is 16.5. The van der Waals surface area contributed by atoms with Crippen molar-refractivity contribution in [2.45, 2.75) is 80.8 Å². The highest BCUT2D eigenvalue weighted by Crippen LogP contribution is 2.64. The molecule has 1 aliphatic carbocycles. The van der Waals surface area contributed by atoms with E-state index in [1.165, 1.54) is 6.42 Å². The van der Waals surface area contributed by atoms with Gasteiger partial charge in [-0.1, -0.05) is 29.8 Å². The van der Waals surface area contributed by atoms with E-state index in [1.54, 1.807) is 0 Å². The molecule has 1 saturated carbocycles. The maximum Gasteiger partial charge on any atom is 0.201 e. The molecule has 0 aromatic heterocycles. The molecule has 6 heteroatoms. The summed E-state index contributed by atoms with van der Waals surface area (Å²) in [5.74, 6) is 1.68. The number of hydrogen-bond acceptors (Lipinski definition) is 5. The van der Waals surface area contributed by atoms with Crippen molar-refractivity contribution in [2.75, 3.05) is 5.75 Å². The monoisotopic (exact) mass is 406 g/mol. The van der Waals surface area contributed by atoms with Crippen molar-refractivity contribution in [1.29, 1.82) is 0 Å². The summed E-state index contributed by atoms with van der Waals surface area (Å²) in [6.07, 6.45) is 3.94. The summed E-state index contributed by atoms with van der Waals surface area (Å²) >= 11 is 5.87. The first kappa shape index (κ1) is 17.1. The molecule has 23 heavy (non-hydrogen) atoms. The quantitative estimate of drug-likeness (QED) is 0.499.